The molecular formula is C46H39N11. The number of rotatable bonds is 8. The van der Waals surface area contributed by atoms with Crippen LogP contribution in [0.1, 0.15) is 33.3 Å². The van der Waals surface area contributed by atoms with Crippen molar-refractivity contribution in [3.63, 3.8) is 0 Å². The third-order valence-electron chi connectivity index (χ3n) is 10.7. The highest BCUT2D eigenvalue weighted by atomic mass is 15.2. The summed E-state index contributed by atoms with van der Waals surface area (Å²) in [7, 11) is 0. The molecule has 4 aromatic heterocycles. The number of nitrogens with zero attached hydrogens (tertiary/aromatic N) is 9. The van der Waals surface area contributed by atoms with Gasteiger partial charge in [0.05, 0.1) is 27.9 Å². The Bertz CT molecular complexity index is 2990. The smallest absolute Gasteiger partial charge is 0.163 e. The van der Waals surface area contributed by atoms with Crippen LogP contribution in [0.15, 0.2) is 171 Å². The molecule has 0 spiro atoms. The number of imidazole rings is 1. The molecule has 0 amide bonds. The van der Waals surface area contributed by atoms with E-state index in [-0.39, 0.29) is 18.0 Å². The van der Waals surface area contributed by atoms with Crippen LogP contribution in [0.3, 0.4) is 0 Å². The lowest BCUT2D eigenvalue weighted by atomic mass is 9.84. The van der Waals surface area contributed by atoms with Gasteiger partial charge in [0.15, 0.2) is 5.84 Å². The van der Waals surface area contributed by atoms with Gasteiger partial charge in [-0.15, -0.1) is 0 Å². The molecule has 0 bridgehead atoms. The fraction of sp³-hybridized carbons (Fsp3) is 0.152. The number of fused-ring (bicyclic) bond motifs is 2. The number of benzene rings is 3. The van der Waals surface area contributed by atoms with Gasteiger partial charge < -0.3 is 19.8 Å². The summed E-state index contributed by atoms with van der Waals surface area (Å²) in [5, 5.41) is 8.56. The van der Waals surface area contributed by atoms with E-state index in [2.05, 4.69) is 130 Å². The van der Waals surface area contributed by atoms with Crippen LogP contribution >= 0.6 is 0 Å². The number of aromatic nitrogens is 5. The Hall–Kier alpha value is -7.27. The van der Waals surface area contributed by atoms with E-state index in [1.165, 1.54) is 0 Å². The van der Waals surface area contributed by atoms with Crippen molar-refractivity contribution in [2.45, 2.75) is 39.8 Å². The van der Waals surface area contributed by atoms with Gasteiger partial charge in [0.2, 0.25) is 0 Å². The van der Waals surface area contributed by atoms with Gasteiger partial charge in [-0.1, -0.05) is 42.5 Å². The standard InChI is InChI=1S/C46H39N11/c1-27(2)48-36-24-31(54-17-8-9-18-54)22-30-16-21-56(40(30)36)45-33-14-15-34-38(33)39-43(52-45)50-42(29-12-6-5-7-13-29)51-44(39)53-46(34)57-26-47-35-23-32(55-19-10-11-20-55)25-37(41(35)57)49-28(3)4/h5-28,39,48-49H,1-4H3. The fourth-order valence-corrected chi connectivity index (χ4v) is 8.43. The van der Waals surface area contributed by atoms with E-state index in [4.69, 9.17) is 25.0 Å². The zero-order valence-corrected chi connectivity index (χ0v) is 32.0. The summed E-state index contributed by atoms with van der Waals surface area (Å²) in [5.41, 5.74) is 11.0. The van der Waals surface area contributed by atoms with Gasteiger partial charge in [-0.2, -0.15) is 0 Å². The van der Waals surface area contributed by atoms with E-state index >= 15 is 0 Å². The molecule has 7 aromatic rings. The third kappa shape index (κ3) is 5.30. The van der Waals surface area contributed by atoms with Gasteiger partial charge in [-0.05, 0) is 87.9 Å². The molecule has 57 heavy (non-hydrogen) atoms. The largest absolute Gasteiger partial charge is 0.381 e. The van der Waals surface area contributed by atoms with Crippen molar-refractivity contribution < 1.29 is 0 Å². The number of hydrogen-bond donors (Lipinski definition) is 2. The van der Waals surface area contributed by atoms with Crippen LogP contribution in [0.25, 0.3) is 39.1 Å². The molecule has 0 fully saturated rings. The number of amidine groups is 3. The van der Waals surface area contributed by atoms with Gasteiger partial charge in [-0.3, -0.25) is 9.13 Å². The first-order valence-corrected chi connectivity index (χ1v) is 19.4. The summed E-state index contributed by atoms with van der Waals surface area (Å²) in [6, 6.07) is 29.6. The average molecular weight is 746 g/mol. The fourth-order valence-electron chi connectivity index (χ4n) is 8.43. The van der Waals surface area contributed by atoms with Crippen molar-refractivity contribution in [3.8, 4) is 11.4 Å². The number of hydrogen-bond acceptors (Lipinski definition) is 7. The summed E-state index contributed by atoms with van der Waals surface area (Å²) in [6.45, 7) is 8.64. The maximum Gasteiger partial charge on any atom is 0.163 e. The lowest BCUT2D eigenvalue weighted by Crippen LogP contribution is -2.37. The number of aliphatic imine (C=N–C) groups is 4. The topological polar surface area (TPSA) is 106 Å². The molecule has 0 radical (unpaired) electrons. The highest BCUT2D eigenvalue weighted by molar-refractivity contribution is 6.30. The predicted octanol–water partition coefficient (Wildman–Crippen LogP) is 9.10. The third-order valence-corrected chi connectivity index (χ3v) is 10.7. The summed E-state index contributed by atoms with van der Waals surface area (Å²) in [4.78, 5) is 26.1. The highest BCUT2D eigenvalue weighted by Gasteiger charge is 2.44. The van der Waals surface area contributed by atoms with E-state index in [9.17, 15) is 0 Å². The minimum Gasteiger partial charge on any atom is -0.381 e. The van der Waals surface area contributed by atoms with E-state index in [1.807, 2.05) is 60.9 Å². The van der Waals surface area contributed by atoms with Crippen LogP contribution in [-0.2, 0) is 0 Å². The minimum atomic E-state index is -0.316. The van der Waals surface area contributed by atoms with Crippen molar-refractivity contribution >= 4 is 62.5 Å². The van der Waals surface area contributed by atoms with Crippen molar-refractivity contribution in [3.05, 3.63) is 157 Å². The van der Waals surface area contributed by atoms with Gasteiger partial charge in [0.1, 0.15) is 35.6 Å². The van der Waals surface area contributed by atoms with Crippen LogP contribution in [0, 0.1) is 5.92 Å². The second-order valence-corrected chi connectivity index (χ2v) is 15.4. The molecular weight excluding hydrogens is 707 g/mol. The molecule has 3 aliphatic heterocycles. The van der Waals surface area contributed by atoms with Crippen molar-refractivity contribution in [2.24, 2.45) is 25.9 Å². The summed E-state index contributed by atoms with van der Waals surface area (Å²) in [5.74, 6) is 3.19. The number of dihydropyridines is 1. The van der Waals surface area contributed by atoms with E-state index in [0.29, 0.717) is 17.5 Å². The van der Waals surface area contributed by atoms with Gasteiger partial charge in [0.25, 0.3) is 0 Å². The van der Waals surface area contributed by atoms with Crippen LogP contribution in [-0.4, -0.2) is 58.7 Å². The SMILES string of the molecule is CC(C)Nc1cc(-n2cccc2)cc2ccn(C3=NC4=NC(c5ccccc5)=NC5=NC(n6cnc7cc(-n8cccc8)cc(NC(C)C)c76)=C6C=CC3=C6C45)c12. The van der Waals surface area contributed by atoms with Gasteiger partial charge >= 0.3 is 0 Å². The molecule has 2 N–H and O–H groups in total. The summed E-state index contributed by atoms with van der Waals surface area (Å²) < 4.78 is 8.58. The van der Waals surface area contributed by atoms with Gasteiger partial charge in [-0.25, -0.2) is 25.0 Å². The molecule has 7 heterocycles. The van der Waals surface area contributed by atoms with Crippen molar-refractivity contribution in [1.29, 1.82) is 0 Å². The highest BCUT2D eigenvalue weighted by Crippen LogP contribution is 2.46. The van der Waals surface area contributed by atoms with Gasteiger partial charge in [0, 0.05) is 76.5 Å². The van der Waals surface area contributed by atoms with E-state index in [0.717, 1.165) is 78.6 Å². The Morgan fingerprint density at radius 1 is 0.596 bits per heavy atom. The molecule has 11 nitrogen and oxygen atoms in total. The molecule has 0 saturated carbocycles. The first kappa shape index (κ1) is 33.1. The van der Waals surface area contributed by atoms with Crippen molar-refractivity contribution in [1.82, 2.24) is 23.3 Å². The number of nitrogens with one attached hydrogen (secondary N) is 2. The first-order chi connectivity index (χ1) is 27.9. The Balaban J connectivity index is 1.15. The van der Waals surface area contributed by atoms with Crippen LogP contribution in [0.4, 0.5) is 11.4 Å². The Kier molecular flexibility index (Phi) is 7.34. The van der Waals surface area contributed by atoms with Crippen LogP contribution in [0.5, 0.6) is 0 Å². The molecule has 4 aliphatic rings. The first-order valence-electron chi connectivity index (χ1n) is 19.4. The molecule has 0 saturated heterocycles. The second kappa shape index (κ2) is 12.6. The minimum absolute atomic E-state index is 0.190. The maximum absolute atomic E-state index is 5.42. The average Bonchev–Trinajstić information content (AvgIpc) is 4.06. The second-order valence-electron chi connectivity index (χ2n) is 15.4. The molecule has 11 heteroatoms. The monoisotopic (exact) mass is 745 g/mol. The quantitative estimate of drug-likeness (QED) is 0.162. The van der Waals surface area contributed by atoms with E-state index in [1.54, 1.807) is 0 Å². The summed E-state index contributed by atoms with van der Waals surface area (Å²) in [6.07, 6.45) is 16.6. The Morgan fingerprint density at radius 2 is 1.25 bits per heavy atom. The molecule has 1 unspecified atom stereocenters. The molecule has 278 valence electrons. The molecule has 3 aromatic carbocycles. The zero-order chi connectivity index (χ0) is 38.4. The lowest BCUT2D eigenvalue weighted by molar-refractivity contribution is 0.898. The Morgan fingerprint density at radius 3 is 1.95 bits per heavy atom. The molecule has 11 rings (SSSR count). The maximum atomic E-state index is 5.42. The Labute approximate surface area is 329 Å². The number of allylic oxidation sites excluding steroid dienone is 4. The zero-order valence-electron chi connectivity index (χ0n) is 32.0. The van der Waals surface area contributed by atoms with Crippen molar-refractivity contribution in [2.75, 3.05) is 10.6 Å². The predicted molar refractivity (Wildman–Crippen MR) is 231 cm³/mol. The summed E-state index contributed by atoms with van der Waals surface area (Å²) >= 11 is 0. The molecule has 1 atom stereocenters. The van der Waals surface area contributed by atoms with E-state index < -0.39 is 0 Å². The lowest BCUT2D eigenvalue weighted by Gasteiger charge is -2.32. The van der Waals surface area contributed by atoms with Crippen LogP contribution < -0.4 is 10.6 Å². The molecule has 1 aliphatic carbocycles. The number of anilines is 2. The van der Waals surface area contributed by atoms with Crippen LogP contribution in [0.2, 0.25) is 0 Å². The normalized spacial score (nSPS) is 17.1.